The van der Waals surface area contributed by atoms with Gasteiger partial charge in [0.2, 0.25) is 0 Å². The topological polar surface area (TPSA) is 66.0 Å². The first-order valence-corrected chi connectivity index (χ1v) is 7.73. The number of likely N-dealkylation sites (tertiary alicyclic amines) is 1. The Balaban J connectivity index is 1.69. The van der Waals surface area contributed by atoms with Crippen LogP contribution in [0.3, 0.4) is 0 Å². The molecule has 0 saturated carbocycles. The molecule has 0 bridgehead atoms. The average Bonchev–Trinajstić information content (AvgIpc) is 3.18. The van der Waals surface area contributed by atoms with Gasteiger partial charge in [0, 0.05) is 43.8 Å². The molecular formula is C16H23N5O. The number of carbonyl (C=O) groups is 1. The van der Waals surface area contributed by atoms with Crippen molar-refractivity contribution in [1.82, 2.24) is 25.0 Å². The number of amides is 2. The lowest BCUT2D eigenvalue weighted by atomic mass is 10.0. The van der Waals surface area contributed by atoms with Gasteiger partial charge in [-0.25, -0.2) is 4.79 Å². The lowest BCUT2D eigenvalue weighted by molar-refractivity contribution is 0.192. The maximum atomic E-state index is 12.5. The van der Waals surface area contributed by atoms with Crippen LogP contribution in [0.25, 0.3) is 0 Å². The molecule has 0 radical (unpaired) electrons. The number of hydrogen-bond acceptors (Lipinski definition) is 2. The number of carbonyl (C=O) groups excluding carboxylic acids is 1. The zero-order chi connectivity index (χ0) is 15.7. The molecule has 118 valence electrons. The monoisotopic (exact) mass is 301 g/mol. The lowest BCUT2D eigenvalue weighted by Crippen LogP contribution is -2.39. The van der Waals surface area contributed by atoms with Gasteiger partial charge in [0.15, 0.2) is 0 Å². The highest BCUT2D eigenvalue weighted by atomic mass is 16.2. The molecule has 3 heterocycles. The molecule has 0 spiro atoms. The average molecular weight is 301 g/mol. The summed E-state index contributed by atoms with van der Waals surface area (Å²) in [7, 11) is 1.98. The van der Waals surface area contributed by atoms with E-state index in [0.717, 1.165) is 36.3 Å². The van der Waals surface area contributed by atoms with E-state index in [1.54, 1.807) is 0 Å². The summed E-state index contributed by atoms with van der Waals surface area (Å²) >= 11 is 0. The van der Waals surface area contributed by atoms with Gasteiger partial charge >= 0.3 is 6.03 Å². The Labute approximate surface area is 130 Å². The largest absolute Gasteiger partial charge is 0.357 e. The van der Waals surface area contributed by atoms with Crippen LogP contribution in [0.4, 0.5) is 4.79 Å². The molecular weight excluding hydrogens is 278 g/mol. The van der Waals surface area contributed by atoms with Crippen molar-refractivity contribution in [2.45, 2.75) is 39.3 Å². The summed E-state index contributed by atoms with van der Waals surface area (Å²) in [6.07, 6.45) is 6.04. The maximum Gasteiger partial charge on any atom is 0.318 e. The highest BCUT2D eigenvalue weighted by molar-refractivity contribution is 5.75. The zero-order valence-electron chi connectivity index (χ0n) is 13.4. The maximum absolute atomic E-state index is 12.5. The van der Waals surface area contributed by atoms with Crippen molar-refractivity contribution in [3.05, 3.63) is 41.0 Å². The van der Waals surface area contributed by atoms with Crippen LogP contribution in [0.5, 0.6) is 0 Å². The van der Waals surface area contributed by atoms with Gasteiger partial charge in [-0.3, -0.25) is 5.10 Å². The third-order valence-corrected chi connectivity index (χ3v) is 4.37. The van der Waals surface area contributed by atoms with Crippen molar-refractivity contribution < 1.29 is 4.79 Å². The summed E-state index contributed by atoms with van der Waals surface area (Å²) < 4.78 is 1.98. The molecule has 2 N–H and O–H groups in total. The zero-order valence-corrected chi connectivity index (χ0v) is 13.4. The standard InChI is InChI=1S/C16H23N5O/c1-11-15(12(2)19-18-11)14-5-4-7-21(14)16(22)17-9-13-6-8-20(3)10-13/h6,8,10,14H,4-5,7,9H2,1-3H3,(H,17,22)(H,18,19). The van der Waals surface area contributed by atoms with E-state index in [2.05, 4.69) is 15.5 Å². The van der Waals surface area contributed by atoms with E-state index < -0.39 is 0 Å². The third kappa shape index (κ3) is 2.73. The van der Waals surface area contributed by atoms with E-state index in [-0.39, 0.29) is 12.1 Å². The molecule has 1 saturated heterocycles. The molecule has 2 amide bonds. The van der Waals surface area contributed by atoms with Crippen LogP contribution < -0.4 is 5.32 Å². The van der Waals surface area contributed by atoms with Gasteiger partial charge in [-0.15, -0.1) is 0 Å². The van der Waals surface area contributed by atoms with Crippen LogP contribution in [-0.2, 0) is 13.6 Å². The minimum Gasteiger partial charge on any atom is -0.357 e. The highest BCUT2D eigenvalue weighted by Crippen LogP contribution is 2.34. The number of nitrogens with zero attached hydrogens (tertiary/aromatic N) is 3. The number of H-pyrrole nitrogens is 1. The molecule has 2 aromatic heterocycles. The molecule has 0 aliphatic carbocycles. The van der Waals surface area contributed by atoms with Crippen molar-refractivity contribution in [2.75, 3.05) is 6.54 Å². The summed E-state index contributed by atoms with van der Waals surface area (Å²) in [5.41, 5.74) is 4.34. The third-order valence-electron chi connectivity index (χ3n) is 4.37. The molecule has 0 aromatic carbocycles. The van der Waals surface area contributed by atoms with Gasteiger partial charge in [-0.1, -0.05) is 0 Å². The summed E-state index contributed by atoms with van der Waals surface area (Å²) in [6.45, 7) is 5.38. The first kappa shape index (κ1) is 14.7. The van der Waals surface area contributed by atoms with E-state index in [1.165, 1.54) is 5.56 Å². The molecule has 2 aromatic rings. The van der Waals surface area contributed by atoms with Gasteiger partial charge < -0.3 is 14.8 Å². The van der Waals surface area contributed by atoms with Crippen molar-refractivity contribution in [3.63, 3.8) is 0 Å². The van der Waals surface area contributed by atoms with Crippen LogP contribution in [-0.4, -0.2) is 32.2 Å². The molecule has 1 atom stereocenters. The van der Waals surface area contributed by atoms with Crippen molar-refractivity contribution in [1.29, 1.82) is 0 Å². The number of aryl methyl sites for hydroxylation is 3. The van der Waals surface area contributed by atoms with Gasteiger partial charge in [0.25, 0.3) is 0 Å². The Hall–Kier alpha value is -2.24. The molecule has 1 unspecified atom stereocenters. The molecule has 6 heteroatoms. The summed E-state index contributed by atoms with van der Waals surface area (Å²) in [5, 5.41) is 10.3. The fourth-order valence-electron chi connectivity index (χ4n) is 3.31. The van der Waals surface area contributed by atoms with E-state index in [1.807, 2.05) is 48.8 Å². The summed E-state index contributed by atoms with van der Waals surface area (Å²) in [5.74, 6) is 0. The highest BCUT2D eigenvalue weighted by Gasteiger charge is 2.32. The second-order valence-electron chi connectivity index (χ2n) is 6.04. The Bertz CT molecular complexity index is 652. The fourth-order valence-corrected chi connectivity index (χ4v) is 3.31. The van der Waals surface area contributed by atoms with Crippen LogP contribution in [0.1, 0.15) is 41.4 Å². The van der Waals surface area contributed by atoms with Crippen LogP contribution in [0.15, 0.2) is 18.5 Å². The molecule has 6 nitrogen and oxygen atoms in total. The van der Waals surface area contributed by atoms with E-state index in [0.29, 0.717) is 6.54 Å². The van der Waals surface area contributed by atoms with Crippen molar-refractivity contribution in [3.8, 4) is 0 Å². The number of rotatable bonds is 3. The van der Waals surface area contributed by atoms with Crippen molar-refractivity contribution >= 4 is 6.03 Å². The number of aromatic nitrogens is 3. The summed E-state index contributed by atoms with van der Waals surface area (Å²) in [6, 6.07) is 2.16. The SMILES string of the molecule is Cc1n[nH]c(C)c1C1CCCN1C(=O)NCc1ccn(C)c1. The molecule has 1 fully saturated rings. The number of urea groups is 1. The number of aromatic amines is 1. The van der Waals surface area contributed by atoms with E-state index >= 15 is 0 Å². The normalized spacial score (nSPS) is 18.0. The molecule has 1 aliphatic heterocycles. The van der Waals surface area contributed by atoms with Gasteiger partial charge in [-0.2, -0.15) is 5.10 Å². The Kier molecular flexibility index (Phi) is 3.92. The Morgan fingerprint density at radius 1 is 1.50 bits per heavy atom. The smallest absolute Gasteiger partial charge is 0.318 e. The van der Waals surface area contributed by atoms with Crippen LogP contribution in [0.2, 0.25) is 0 Å². The second kappa shape index (κ2) is 5.87. The second-order valence-corrected chi connectivity index (χ2v) is 6.04. The first-order valence-electron chi connectivity index (χ1n) is 7.73. The molecule has 1 aliphatic rings. The number of nitrogens with one attached hydrogen (secondary N) is 2. The van der Waals surface area contributed by atoms with Crippen molar-refractivity contribution in [2.24, 2.45) is 7.05 Å². The molecule has 3 rings (SSSR count). The minimum atomic E-state index is 0.00588. The summed E-state index contributed by atoms with van der Waals surface area (Å²) in [4.78, 5) is 14.5. The van der Waals surface area contributed by atoms with Crippen LogP contribution >= 0.6 is 0 Å². The van der Waals surface area contributed by atoms with Crippen LogP contribution in [0, 0.1) is 13.8 Å². The minimum absolute atomic E-state index is 0.00588. The van der Waals surface area contributed by atoms with Gasteiger partial charge in [-0.05, 0) is 38.3 Å². The van der Waals surface area contributed by atoms with E-state index in [9.17, 15) is 4.79 Å². The fraction of sp³-hybridized carbons (Fsp3) is 0.500. The first-order chi connectivity index (χ1) is 10.6. The predicted octanol–water partition coefficient (Wildman–Crippen LogP) is 2.41. The van der Waals surface area contributed by atoms with Gasteiger partial charge in [0.1, 0.15) is 0 Å². The van der Waals surface area contributed by atoms with Gasteiger partial charge in [0.05, 0.1) is 11.7 Å². The number of hydrogen-bond donors (Lipinski definition) is 2. The lowest BCUT2D eigenvalue weighted by Gasteiger charge is -2.25. The van der Waals surface area contributed by atoms with E-state index in [4.69, 9.17) is 0 Å². The quantitative estimate of drug-likeness (QED) is 0.914. The Morgan fingerprint density at radius 3 is 2.95 bits per heavy atom. The molecule has 22 heavy (non-hydrogen) atoms. The predicted molar refractivity (Wildman–Crippen MR) is 84.4 cm³/mol. The Morgan fingerprint density at radius 2 is 2.32 bits per heavy atom.